The first kappa shape index (κ1) is 17.2. The predicted molar refractivity (Wildman–Crippen MR) is 81.3 cm³/mol. The highest BCUT2D eigenvalue weighted by Crippen LogP contribution is 2.27. The molecule has 1 rings (SSSR count). The lowest BCUT2D eigenvalue weighted by Gasteiger charge is -2.23. The molecule has 0 aliphatic rings. The van der Waals surface area contributed by atoms with Crippen molar-refractivity contribution in [2.45, 2.75) is 39.4 Å². The summed E-state index contributed by atoms with van der Waals surface area (Å²) in [7, 11) is 0. The summed E-state index contributed by atoms with van der Waals surface area (Å²) in [5.41, 5.74) is 0.0905. The molecule has 0 saturated heterocycles. The molecule has 0 amide bonds. The first-order valence-corrected chi connectivity index (χ1v) is 6.83. The van der Waals surface area contributed by atoms with Crippen molar-refractivity contribution in [3.05, 3.63) is 47.0 Å². The summed E-state index contributed by atoms with van der Waals surface area (Å²) >= 11 is 5.83. The van der Waals surface area contributed by atoms with Crippen molar-refractivity contribution >= 4 is 23.5 Å². The maximum atomic E-state index is 11.8. The second kappa shape index (κ2) is 6.76. The Morgan fingerprint density at radius 1 is 1.19 bits per heavy atom. The number of rotatable bonds is 4. The fraction of sp³-hybridized carbons (Fsp3) is 0.375. The number of hydrogen-bond donors (Lipinski definition) is 0. The Kier molecular flexibility index (Phi) is 5.55. The van der Waals surface area contributed by atoms with E-state index in [1.54, 1.807) is 45.0 Å². The largest absolute Gasteiger partial charge is 0.509 e. The van der Waals surface area contributed by atoms with Crippen LogP contribution in [0.15, 0.2) is 36.4 Å². The molecule has 0 heterocycles. The number of Topliss-reactive ketones (excluding diaryl/α,β-unsaturated/α-hetero) is 1. The highest BCUT2D eigenvalue weighted by molar-refractivity contribution is 6.30. The van der Waals surface area contributed by atoms with Crippen molar-refractivity contribution in [1.82, 2.24) is 0 Å². The molecule has 0 radical (unpaired) electrons. The van der Waals surface area contributed by atoms with E-state index in [2.05, 4.69) is 6.58 Å². The maximum Gasteiger partial charge on any atom is 0.509 e. The summed E-state index contributed by atoms with van der Waals surface area (Å²) in [6, 6.07) is 6.64. The number of carbonyl (C=O) groups excluding carboxylic acids is 2. The molecule has 0 fully saturated rings. The van der Waals surface area contributed by atoms with Gasteiger partial charge in [-0.2, -0.15) is 0 Å². The molecule has 1 unspecified atom stereocenters. The van der Waals surface area contributed by atoms with Gasteiger partial charge in [0.15, 0.2) is 11.9 Å². The molecule has 0 N–H and O–H groups in total. The van der Waals surface area contributed by atoms with Crippen LogP contribution in [0.5, 0.6) is 0 Å². The second-order valence-electron chi connectivity index (χ2n) is 5.60. The Bertz CT molecular complexity index is 540. The number of hydrogen-bond acceptors (Lipinski definition) is 4. The maximum absolute atomic E-state index is 11.8. The van der Waals surface area contributed by atoms with Crippen molar-refractivity contribution in [3.63, 3.8) is 0 Å². The zero-order valence-corrected chi connectivity index (χ0v) is 13.4. The van der Waals surface area contributed by atoms with Gasteiger partial charge in [0.05, 0.1) is 0 Å². The summed E-state index contributed by atoms with van der Waals surface area (Å²) in [5, 5.41) is 0.545. The standard InChI is InChI=1S/C16H19ClO4/c1-10(11(2)18)14(12-6-8-13(17)9-7-12)20-15(19)21-16(3,4)5/h6-9,14H,1H2,2-5H3. The van der Waals surface area contributed by atoms with E-state index in [1.807, 2.05) is 0 Å². The Balaban J connectivity index is 2.98. The molecule has 5 heteroatoms. The van der Waals surface area contributed by atoms with E-state index in [4.69, 9.17) is 21.1 Å². The first-order valence-electron chi connectivity index (χ1n) is 6.45. The predicted octanol–water partition coefficient (Wildman–Crippen LogP) is 4.48. The molecule has 0 aliphatic carbocycles. The summed E-state index contributed by atoms with van der Waals surface area (Å²) in [6.07, 6.45) is -1.75. The molecule has 114 valence electrons. The zero-order chi connectivity index (χ0) is 16.2. The van der Waals surface area contributed by atoms with E-state index >= 15 is 0 Å². The average molecular weight is 311 g/mol. The van der Waals surface area contributed by atoms with E-state index in [0.29, 0.717) is 10.6 Å². The average Bonchev–Trinajstić information content (AvgIpc) is 2.34. The summed E-state index contributed by atoms with van der Waals surface area (Å²) in [5.74, 6) is -0.265. The fourth-order valence-electron chi connectivity index (χ4n) is 1.53. The molecule has 1 atom stereocenters. The van der Waals surface area contributed by atoms with Gasteiger partial charge in [0.2, 0.25) is 0 Å². The molecule has 0 bridgehead atoms. The van der Waals surface area contributed by atoms with Gasteiger partial charge in [-0.25, -0.2) is 4.79 Å². The van der Waals surface area contributed by atoms with Crippen LogP contribution in [-0.4, -0.2) is 17.5 Å². The van der Waals surface area contributed by atoms with E-state index in [9.17, 15) is 9.59 Å². The Hall–Kier alpha value is -1.81. The number of benzene rings is 1. The van der Waals surface area contributed by atoms with Gasteiger partial charge in [0.25, 0.3) is 0 Å². The lowest BCUT2D eigenvalue weighted by atomic mass is 10.0. The van der Waals surface area contributed by atoms with E-state index < -0.39 is 17.9 Å². The van der Waals surface area contributed by atoms with Gasteiger partial charge in [-0.1, -0.05) is 30.3 Å². The van der Waals surface area contributed by atoms with Crippen LogP contribution in [-0.2, 0) is 14.3 Å². The minimum absolute atomic E-state index is 0.170. The van der Waals surface area contributed by atoms with Crippen LogP contribution in [0.4, 0.5) is 4.79 Å². The number of carbonyl (C=O) groups is 2. The SMILES string of the molecule is C=C(C(C)=O)C(OC(=O)OC(C)(C)C)c1ccc(Cl)cc1. The van der Waals surface area contributed by atoms with Crippen LogP contribution in [0.3, 0.4) is 0 Å². The Labute approximate surface area is 129 Å². The van der Waals surface area contributed by atoms with Crippen molar-refractivity contribution in [2.24, 2.45) is 0 Å². The molecule has 0 saturated carbocycles. The van der Waals surface area contributed by atoms with Crippen LogP contribution in [0.25, 0.3) is 0 Å². The van der Waals surface area contributed by atoms with Gasteiger partial charge in [0, 0.05) is 10.6 Å². The minimum atomic E-state index is -0.894. The molecule has 21 heavy (non-hydrogen) atoms. The van der Waals surface area contributed by atoms with Gasteiger partial charge in [0.1, 0.15) is 5.60 Å². The van der Waals surface area contributed by atoms with Crippen LogP contribution < -0.4 is 0 Å². The molecular weight excluding hydrogens is 292 g/mol. The van der Waals surface area contributed by atoms with Crippen LogP contribution in [0.2, 0.25) is 5.02 Å². The highest BCUT2D eigenvalue weighted by Gasteiger charge is 2.26. The second-order valence-corrected chi connectivity index (χ2v) is 6.03. The van der Waals surface area contributed by atoms with Gasteiger partial charge in [-0.05, 0) is 45.4 Å². The highest BCUT2D eigenvalue weighted by atomic mass is 35.5. The lowest BCUT2D eigenvalue weighted by molar-refractivity contribution is -0.114. The fourth-order valence-corrected chi connectivity index (χ4v) is 1.66. The van der Waals surface area contributed by atoms with Crippen molar-refractivity contribution in [1.29, 1.82) is 0 Å². The molecule has 0 aromatic heterocycles. The third kappa shape index (κ3) is 5.60. The normalized spacial score (nSPS) is 12.4. The quantitative estimate of drug-likeness (QED) is 0.608. The minimum Gasteiger partial charge on any atom is -0.429 e. The van der Waals surface area contributed by atoms with Crippen molar-refractivity contribution in [2.75, 3.05) is 0 Å². The molecule has 0 aliphatic heterocycles. The van der Waals surface area contributed by atoms with Crippen LogP contribution >= 0.6 is 11.6 Å². The van der Waals surface area contributed by atoms with Crippen LogP contribution in [0, 0.1) is 0 Å². The number of ketones is 1. The summed E-state index contributed by atoms with van der Waals surface area (Å²) < 4.78 is 10.4. The van der Waals surface area contributed by atoms with E-state index in [0.717, 1.165) is 0 Å². The van der Waals surface area contributed by atoms with Gasteiger partial charge in [-0.3, -0.25) is 4.79 Å². The van der Waals surface area contributed by atoms with E-state index in [-0.39, 0.29) is 11.4 Å². The lowest BCUT2D eigenvalue weighted by Crippen LogP contribution is -2.26. The number of halogens is 1. The topological polar surface area (TPSA) is 52.6 Å². The van der Waals surface area contributed by atoms with Gasteiger partial charge >= 0.3 is 6.16 Å². The van der Waals surface area contributed by atoms with E-state index in [1.165, 1.54) is 6.92 Å². The molecule has 1 aromatic carbocycles. The van der Waals surface area contributed by atoms with Crippen LogP contribution in [0.1, 0.15) is 39.4 Å². The molecule has 4 nitrogen and oxygen atoms in total. The van der Waals surface area contributed by atoms with Gasteiger partial charge < -0.3 is 9.47 Å². The number of ether oxygens (including phenoxy) is 2. The molecule has 0 spiro atoms. The van der Waals surface area contributed by atoms with Crippen molar-refractivity contribution in [3.8, 4) is 0 Å². The summed E-state index contributed by atoms with van der Waals surface area (Å²) in [4.78, 5) is 23.3. The smallest absolute Gasteiger partial charge is 0.429 e. The van der Waals surface area contributed by atoms with Gasteiger partial charge in [-0.15, -0.1) is 0 Å². The first-order chi connectivity index (χ1) is 9.60. The monoisotopic (exact) mass is 310 g/mol. The molecule has 1 aromatic rings. The third-order valence-electron chi connectivity index (χ3n) is 2.55. The van der Waals surface area contributed by atoms with Crippen molar-refractivity contribution < 1.29 is 19.1 Å². The molecular formula is C16H19ClO4. The third-order valence-corrected chi connectivity index (χ3v) is 2.80. The Morgan fingerprint density at radius 2 is 1.71 bits per heavy atom. The summed E-state index contributed by atoms with van der Waals surface area (Å²) in [6.45, 7) is 10.2. The zero-order valence-electron chi connectivity index (χ0n) is 12.6. The Morgan fingerprint density at radius 3 is 2.14 bits per heavy atom.